The Morgan fingerprint density at radius 2 is 1.15 bits per heavy atom. The molecule has 2 aromatic carbocycles. The Hall–Kier alpha value is -2.63. The topological polar surface area (TPSA) is 44.8 Å². The summed E-state index contributed by atoms with van der Waals surface area (Å²) in [6.07, 6.45) is 12.2. The van der Waals surface area contributed by atoms with Crippen LogP contribution < -0.4 is 14.2 Å². The lowest BCUT2D eigenvalue weighted by atomic mass is 10.1. The zero-order chi connectivity index (χ0) is 24.6. The maximum Gasteiger partial charge on any atom is 0.343 e. The highest BCUT2D eigenvalue weighted by Gasteiger charge is 2.19. The third-order valence-corrected chi connectivity index (χ3v) is 5.58. The van der Waals surface area contributed by atoms with Gasteiger partial charge >= 0.3 is 5.97 Å². The van der Waals surface area contributed by atoms with Crippen molar-refractivity contribution in [2.75, 3.05) is 13.2 Å². The number of esters is 1. The van der Waals surface area contributed by atoms with Crippen LogP contribution in [-0.2, 0) is 0 Å². The molecule has 2 rings (SSSR count). The Balaban J connectivity index is 1.80. The molecule has 0 aliphatic heterocycles. The minimum Gasteiger partial charge on any atom is -0.494 e. The average Bonchev–Trinajstić information content (AvgIpc) is 2.85. The monoisotopic (exact) mass is 476 g/mol. The Morgan fingerprint density at radius 3 is 1.76 bits per heavy atom. The molecule has 34 heavy (non-hydrogen) atoms. The predicted octanol–water partition coefficient (Wildman–Crippen LogP) is 8.27. The number of hydrogen-bond acceptors (Lipinski definition) is 4. The van der Waals surface area contributed by atoms with Gasteiger partial charge in [-0.3, -0.25) is 0 Å². The van der Waals surface area contributed by atoms with Crippen LogP contribution in [0.1, 0.15) is 94.8 Å². The Kier molecular flexibility index (Phi) is 13.1. The first-order valence-electron chi connectivity index (χ1n) is 12.6. The Bertz CT molecular complexity index is 852. The van der Waals surface area contributed by atoms with E-state index >= 15 is 0 Å². The quantitative estimate of drug-likeness (QED) is 0.131. The highest BCUT2D eigenvalue weighted by molar-refractivity contribution is 5.91. The molecule has 0 atom stereocenters. The molecule has 6 heteroatoms. The van der Waals surface area contributed by atoms with Gasteiger partial charge in [-0.2, -0.15) is 8.78 Å². The van der Waals surface area contributed by atoms with Crippen molar-refractivity contribution in [3.63, 3.8) is 0 Å². The molecule has 0 saturated carbocycles. The molecule has 0 saturated heterocycles. The summed E-state index contributed by atoms with van der Waals surface area (Å²) < 4.78 is 44.8. The molecule has 0 amide bonds. The zero-order valence-corrected chi connectivity index (χ0v) is 20.5. The Morgan fingerprint density at radius 1 is 0.647 bits per heavy atom. The van der Waals surface area contributed by atoms with Crippen LogP contribution in [0.5, 0.6) is 17.2 Å². The summed E-state index contributed by atoms with van der Waals surface area (Å²) in [6.45, 7) is 5.25. The first kappa shape index (κ1) is 27.6. The van der Waals surface area contributed by atoms with Crippen LogP contribution in [0.15, 0.2) is 36.4 Å². The molecule has 188 valence electrons. The number of rotatable bonds is 17. The molecule has 0 heterocycles. The summed E-state index contributed by atoms with van der Waals surface area (Å²) >= 11 is 0. The second kappa shape index (κ2) is 16.1. The van der Waals surface area contributed by atoms with E-state index in [1.807, 2.05) is 0 Å². The van der Waals surface area contributed by atoms with Crippen LogP contribution in [0, 0.1) is 11.6 Å². The van der Waals surface area contributed by atoms with Gasteiger partial charge in [-0.05, 0) is 49.2 Å². The van der Waals surface area contributed by atoms with E-state index in [0.717, 1.165) is 44.9 Å². The van der Waals surface area contributed by atoms with Crippen LogP contribution in [0.3, 0.4) is 0 Å². The second-order valence-corrected chi connectivity index (χ2v) is 8.48. The Labute approximate surface area is 202 Å². The zero-order valence-electron chi connectivity index (χ0n) is 20.5. The summed E-state index contributed by atoms with van der Waals surface area (Å²) in [4.78, 5) is 12.4. The highest BCUT2D eigenvalue weighted by Crippen LogP contribution is 2.28. The molecule has 0 fully saturated rings. The van der Waals surface area contributed by atoms with Crippen LogP contribution >= 0.6 is 0 Å². The van der Waals surface area contributed by atoms with Crippen LogP contribution in [0.4, 0.5) is 8.78 Å². The molecular formula is C28H38F2O4. The molecule has 0 N–H and O–H groups in total. The number of carbonyl (C=O) groups excluding carboxylic acids is 1. The van der Waals surface area contributed by atoms with Gasteiger partial charge < -0.3 is 14.2 Å². The molecule has 0 radical (unpaired) electrons. The lowest BCUT2D eigenvalue weighted by Gasteiger charge is -2.11. The molecule has 2 aromatic rings. The average molecular weight is 477 g/mol. The summed E-state index contributed by atoms with van der Waals surface area (Å²) in [7, 11) is 0. The summed E-state index contributed by atoms with van der Waals surface area (Å²) in [5, 5.41) is 0. The number of benzene rings is 2. The van der Waals surface area contributed by atoms with E-state index in [4.69, 9.17) is 14.2 Å². The van der Waals surface area contributed by atoms with Gasteiger partial charge in [0.2, 0.25) is 11.6 Å². The summed E-state index contributed by atoms with van der Waals surface area (Å²) in [5.74, 6) is -3.17. The summed E-state index contributed by atoms with van der Waals surface area (Å²) in [5.41, 5.74) is 0.221. The van der Waals surface area contributed by atoms with Crippen LogP contribution in [0.2, 0.25) is 0 Å². The predicted molar refractivity (Wildman–Crippen MR) is 131 cm³/mol. The third kappa shape index (κ3) is 9.70. The molecule has 0 aliphatic carbocycles. The van der Waals surface area contributed by atoms with Gasteiger partial charge in [0.25, 0.3) is 0 Å². The van der Waals surface area contributed by atoms with Crippen molar-refractivity contribution in [1.82, 2.24) is 0 Å². The number of hydrogen-bond donors (Lipinski definition) is 0. The van der Waals surface area contributed by atoms with E-state index in [0.29, 0.717) is 19.0 Å². The van der Waals surface area contributed by atoms with Crippen LogP contribution in [0.25, 0.3) is 0 Å². The molecule has 0 aliphatic rings. The van der Waals surface area contributed by atoms with Gasteiger partial charge in [0, 0.05) is 0 Å². The van der Waals surface area contributed by atoms with Crippen molar-refractivity contribution in [3.05, 3.63) is 53.6 Å². The summed E-state index contributed by atoms with van der Waals surface area (Å²) in [6, 6.07) is 8.92. The maximum atomic E-state index is 14.4. The second-order valence-electron chi connectivity index (χ2n) is 8.48. The fourth-order valence-electron chi connectivity index (χ4n) is 3.51. The molecule has 0 unspecified atom stereocenters. The van der Waals surface area contributed by atoms with Crippen molar-refractivity contribution < 1.29 is 27.8 Å². The van der Waals surface area contributed by atoms with Crippen molar-refractivity contribution in [1.29, 1.82) is 0 Å². The van der Waals surface area contributed by atoms with E-state index < -0.39 is 23.4 Å². The van der Waals surface area contributed by atoms with Gasteiger partial charge in [-0.1, -0.05) is 71.6 Å². The lowest BCUT2D eigenvalue weighted by molar-refractivity contribution is 0.0726. The molecule has 0 aromatic heterocycles. The van der Waals surface area contributed by atoms with Gasteiger partial charge in [-0.15, -0.1) is 0 Å². The standard InChI is InChI=1S/C28H38F2O4/c1-3-5-7-9-11-12-20-32-23-16-14-22(15-17-23)28(31)34-25-19-18-24(26(29)27(25)30)33-21-13-10-8-6-4-2/h14-19H,3-13,20-21H2,1-2H3. The largest absolute Gasteiger partial charge is 0.494 e. The number of unbranched alkanes of at least 4 members (excludes halogenated alkanes) is 9. The normalized spacial score (nSPS) is 10.8. The van der Waals surface area contributed by atoms with E-state index in [2.05, 4.69) is 13.8 Å². The minimum absolute atomic E-state index is 0.181. The fourth-order valence-corrected chi connectivity index (χ4v) is 3.51. The van der Waals surface area contributed by atoms with Crippen molar-refractivity contribution >= 4 is 5.97 Å². The third-order valence-electron chi connectivity index (χ3n) is 5.58. The first-order valence-corrected chi connectivity index (χ1v) is 12.6. The first-order chi connectivity index (χ1) is 16.6. The number of halogens is 2. The molecule has 0 spiro atoms. The smallest absolute Gasteiger partial charge is 0.343 e. The lowest BCUT2D eigenvalue weighted by Crippen LogP contribution is -2.10. The van der Waals surface area contributed by atoms with Crippen molar-refractivity contribution in [2.24, 2.45) is 0 Å². The van der Waals surface area contributed by atoms with E-state index in [1.165, 1.54) is 37.8 Å². The van der Waals surface area contributed by atoms with Gasteiger partial charge in [0.1, 0.15) is 5.75 Å². The van der Waals surface area contributed by atoms with Crippen molar-refractivity contribution in [3.8, 4) is 17.2 Å². The van der Waals surface area contributed by atoms with E-state index in [1.54, 1.807) is 24.3 Å². The van der Waals surface area contributed by atoms with Gasteiger partial charge in [-0.25, -0.2) is 4.79 Å². The van der Waals surface area contributed by atoms with Crippen molar-refractivity contribution in [2.45, 2.75) is 84.5 Å². The highest BCUT2D eigenvalue weighted by atomic mass is 19.2. The molecule has 0 bridgehead atoms. The minimum atomic E-state index is -1.24. The fraction of sp³-hybridized carbons (Fsp3) is 0.536. The maximum absolute atomic E-state index is 14.4. The number of ether oxygens (including phenoxy) is 3. The van der Waals surface area contributed by atoms with Gasteiger partial charge in [0.05, 0.1) is 18.8 Å². The molecular weight excluding hydrogens is 438 g/mol. The molecule has 4 nitrogen and oxygen atoms in total. The van der Waals surface area contributed by atoms with E-state index in [-0.39, 0.29) is 11.3 Å². The van der Waals surface area contributed by atoms with E-state index in [9.17, 15) is 13.6 Å². The SMILES string of the molecule is CCCCCCCCOc1ccc(C(=O)Oc2ccc(OCCCCCCC)c(F)c2F)cc1. The van der Waals surface area contributed by atoms with Gasteiger partial charge in [0.15, 0.2) is 11.5 Å². The number of carbonyl (C=O) groups is 1. The van der Waals surface area contributed by atoms with Crippen LogP contribution in [-0.4, -0.2) is 19.2 Å².